The molecular weight excluding hydrogens is 308 g/mol. The lowest BCUT2D eigenvalue weighted by molar-refractivity contribution is -0.123. The number of amides is 1. The molecular formula is C22H22N2O. The maximum Gasteiger partial charge on any atom is 0.232 e. The van der Waals surface area contributed by atoms with Crippen molar-refractivity contribution in [1.29, 1.82) is 0 Å². The molecule has 0 saturated carbocycles. The van der Waals surface area contributed by atoms with Gasteiger partial charge in [-0.3, -0.25) is 9.78 Å². The zero-order valence-electron chi connectivity index (χ0n) is 14.5. The van der Waals surface area contributed by atoms with E-state index < -0.39 is 5.54 Å². The van der Waals surface area contributed by atoms with E-state index >= 15 is 0 Å². The molecule has 0 radical (unpaired) electrons. The van der Waals surface area contributed by atoms with Gasteiger partial charge in [0.2, 0.25) is 5.91 Å². The molecule has 3 nitrogen and oxygen atoms in total. The fraction of sp³-hybridized carbons (Fsp3) is 0.182. The second kappa shape index (κ2) is 7.31. The van der Waals surface area contributed by atoms with E-state index in [1.807, 2.05) is 92.7 Å². The van der Waals surface area contributed by atoms with Crippen LogP contribution in [0.3, 0.4) is 0 Å². The van der Waals surface area contributed by atoms with Crippen LogP contribution < -0.4 is 5.32 Å². The topological polar surface area (TPSA) is 42.0 Å². The molecule has 0 aliphatic rings. The number of rotatable bonds is 5. The molecule has 0 spiro atoms. The zero-order chi connectivity index (χ0) is 17.7. The molecule has 25 heavy (non-hydrogen) atoms. The number of hydrogen-bond donors (Lipinski definition) is 1. The van der Waals surface area contributed by atoms with Crippen LogP contribution in [0.5, 0.6) is 0 Å². The number of carbonyl (C=O) groups is 1. The van der Waals surface area contributed by atoms with Crippen LogP contribution in [-0.2, 0) is 10.3 Å². The Bertz CT molecular complexity index is 775. The van der Waals surface area contributed by atoms with Gasteiger partial charge in [0.25, 0.3) is 0 Å². The molecule has 3 rings (SSSR count). The average molecular weight is 330 g/mol. The summed E-state index contributed by atoms with van der Waals surface area (Å²) in [6.07, 6.45) is 1.75. The second-order valence-electron chi connectivity index (χ2n) is 6.58. The summed E-state index contributed by atoms with van der Waals surface area (Å²) in [5.41, 5.74) is 2.23. The van der Waals surface area contributed by atoms with Gasteiger partial charge < -0.3 is 5.32 Å². The van der Waals surface area contributed by atoms with Gasteiger partial charge in [-0.2, -0.15) is 0 Å². The monoisotopic (exact) mass is 330 g/mol. The minimum atomic E-state index is -0.555. The first-order chi connectivity index (χ1) is 12.1. The number of aromatic nitrogens is 1. The summed E-state index contributed by atoms with van der Waals surface area (Å²) in [6.45, 7) is 3.94. The van der Waals surface area contributed by atoms with Crippen LogP contribution in [0.4, 0.5) is 0 Å². The summed E-state index contributed by atoms with van der Waals surface area (Å²) in [5, 5.41) is 3.17. The van der Waals surface area contributed by atoms with Crippen LogP contribution in [0.15, 0.2) is 85.1 Å². The van der Waals surface area contributed by atoms with E-state index in [-0.39, 0.29) is 11.8 Å². The Morgan fingerprint density at radius 2 is 1.36 bits per heavy atom. The van der Waals surface area contributed by atoms with Gasteiger partial charge in [0.1, 0.15) is 0 Å². The van der Waals surface area contributed by atoms with Gasteiger partial charge in [-0.1, -0.05) is 66.7 Å². The van der Waals surface area contributed by atoms with E-state index in [1.54, 1.807) is 6.20 Å². The van der Waals surface area contributed by atoms with Gasteiger partial charge in [-0.25, -0.2) is 0 Å². The Morgan fingerprint density at radius 1 is 0.840 bits per heavy atom. The predicted octanol–water partition coefficient (Wildman–Crippen LogP) is 4.27. The third-order valence-electron chi connectivity index (χ3n) is 4.27. The number of nitrogens with zero attached hydrogens (tertiary/aromatic N) is 1. The molecule has 1 N–H and O–H groups in total. The molecule has 3 heteroatoms. The molecule has 0 atom stereocenters. The van der Waals surface area contributed by atoms with Crippen LogP contribution in [0.1, 0.15) is 36.6 Å². The van der Waals surface area contributed by atoms with Crippen molar-refractivity contribution in [3.05, 3.63) is 102 Å². The highest BCUT2D eigenvalue weighted by molar-refractivity contribution is 5.87. The molecule has 0 aliphatic carbocycles. The quantitative estimate of drug-likeness (QED) is 0.759. The lowest BCUT2D eigenvalue weighted by atomic mass is 9.89. The SMILES string of the molecule is CC(C)(NC(=O)C(c1ccccc1)c1ccccc1)c1ccccn1. The lowest BCUT2D eigenvalue weighted by Gasteiger charge is -2.28. The largest absolute Gasteiger partial charge is 0.345 e. The molecule has 0 saturated heterocycles. The van der Waals surface area contributed by atoms with Crippen molar-refractivity contribution in [1.82, 2.24) is 10.3 Å². The summed E-state index contributed by atoms with van der Waals surface area (Å²) in [6, 6.07) is 25.5. The Hall–Kier alpha value is -2.94. The Morgan fingerprint density at radius 3 is 1.84 bits per heavy atom. The van der Waals surface area contributed by atoms with E-state index in [0.717, 1.165) is 16.8 Å². The number of carbonyl (C=O) groups excluding carboxylic acids is 1. The van der Waals surface area contributed by atoms with E-state index in [0.29, 0.717) is 0 Å². The van der Waals surface area contributed by atoms with Crippen molar-refractivity contribution in [3.8, 4) is 0 Å². The smallest absolute Gasteiger partial charge is 0.232 e. The molecule has 0 fully saturated rings. The average Bonchev–Trinajstić information content (AvgIpc) is 2.64. The highest BCUT2D eigenvalue weighted by Gasteiger charge is 2.29. The number of benzene rings is 2. The van der Waals surface area contributed by atoms with Gasteiger partial charge in [0.15, 0.2) is 0 Å². The predicted molar refractivity (Wildman–Crippen MR) is 100 cm³/mol. The normalized spacial score (nSPS) is 11.3. The van der Waals surface area contributed by atoms with Crippen molar-refractivity contribution in [2.24, 2.45) is 0 Å². The third-order valence-corrected chi connectivity index (χ3v) is 4.27. The summed E-state index contributed by atoms with van der Waals surface area (Å²) in [5.74, 6) is -0.390. The molecule has 1 aromatic heterocycles. The molecule has 0 bridgehead atoms. The van der Waals surface area contributed by atoms with Crippen molar-refractivity contribution in [2.75, 3.05) is 0 Å². The summed E-state index contributed by atoms with van der Waals surface area (Å²) < 4.78 is 0. The number of pyridine rings is 1. The summed E-state index contributed by atoms with van der Waals surface area (Å²) in [7, 11) is 0. The van der Waals surface area contributed by atoms with E-state index in [4.69, 9.17) is 0 Å². The summed E-state index contributed by atoms with van der Waals surface area (Å²) in [4.78, 5) is 17.6. The van der Waals surface area contributed by atoms with Crippen LogP contribution in [-0.4, -0.2) is 10.9 Å². The molecule has 126 valence electrons. The van der Waals surface area contributed by atoms with E-state index in [1.165, 1.54) is 0 Å². The Kier molecular flexibility index (Phi) is 4.94. The van der Waals surface area contributed by atoms with Crippen molar-refractivity contribution in [2.45, 2.75) is 25.3 Å². The highest BCUT2D eigenvalue weighted by Crippen LogP contribution is 2.27. The first kappa shape index (κ1) is 16.9. The van der Waals surface area contributed by atoms with Gasteiger partial charge in [-0.05, 0) is 37.1 Å². The van der Waals surface area contributed by atoms with Gasteiger partial charge in [0.05, 0.1) is 17.2 Å². The molecule has 1 heterocycles. The lowest BCUT2D eigenvalue weighted by Crippen LogP contribution is -2.44. The first-order valence-electron chi connectivity index (χ1n) is 8.41. The van der Waals surface area contributed by atoms with Crippen LogP contribution >= 0.6 is 0 Å². The maximum absolute atomic E-state index is 13.2. The van der Waals surface area contributed by atoms with Gasteiger partial charge in [-0.15, -0.1) is 0 Å². The van der Waals surface area contributed by atoms with Crippen molar-refractivity contribution < 1.29 is 4.79 Å². The standard InChI is InChI=1S/C22H22N2O/c1-22(2,19-15-9-10-16-23-19)24-21(25)20(17-11-5-3-6-12-17)18-13-7-4-8-14-18/h3-16,20H,1-2H3,(H,24,25). The van der Waals surface area contributed by atoms with Gasteiger partial charge >= 0.3 is 0 Å². The maximum atomic E-state index is 13.2. The zero-order valence-corrected chi connectivity index (χ0v) is 14.5. The molecule has 1 amide bonds. The summed E-state index contributed by atoms with van der Waals surface area (Å²) >= 11 is 0. The second-order valence-corrected chi connectivity index (χ2v) is 6.58. The van der Waals surface area contributed by atoms with Crippen molar-refractivity contribution >= 4 is 5.91 Å². The highest BCUT2D eigenvalue weighted by atomic mass is 16.2. The van der Waals surface area contributed by atoms with Gasteiger partial charge in [0, 0.05) is 6.20 Å². The molecule has 0 unspecified atom stereocenters. The van der Waals surface area contributed by atoms with Crippen LogP contribution in [0.2, 0.25) is 0 Å². The van der Waals surface area contributed by atoms with Crippen LogP contribution in [0, 0.1) is 0 Å². The number of nitrogens with one attached hydrogen (secondary N) is 1. The first-order valence-corrected chi connectivity index (χ1v) is 8.41. The minimum Gasteiger partial charge on any atom is -0.345 e. The molecule has 2 aromatic carbocycles. The fourth-order valence-corrected chi connectivity index (χ4v) is 2.96. The van der Waals surface area contributed by atoms with Crippen molar-refractivity contribution in [3.63, 3.8) is 0 Å². The van der Waals surface area contributed by atoms with E-state index in [9.17, 15) is 4.79 Å². The fourth-order valence-electron chi connectivity index (χ4n) is 2.96. The number of hydrogen-bond acceptors (Lipinski definition) is 2. The van der Waals surface area contributed by atoms with E-state index in [2.05, 4.69) is 10.3 Å². The Balaban J connectivity index is 1.93. The third kappa shape index (κ3) is 3.94. The minimum absolute atomic E-state index is 0.0342. The molecule has 0 aliphatic heterocycles. The molecule has 3 aromatic rings. The Labute approximate surface area is 148 Å². The van der Waals surface area contributed by atoms with Crippen LogP contribution in [0.25, 0.3) is 0 Å².